The minimum absolute atomic E-state index is 0.0213. The minimum atomic E-state index is 0.0213. The van der Waals surface area contributed by atoms with E-state index in [1.165, 1.54) is 25.7 Å². The van der Waals surface area contributed by atoms with Gasteiger partial charge in [-0.2, -0.15) is 0 Å². The van der Waals surface area contributed by atoms with Crippen LogP contribution >= 0.6 is 0 Å². The molecule has 3 rings (SSSR count). The maximum absolute atomic E-state index is 12.2. The molecule has 0 radical (unpaired) electrons. The molecule has 21 heavy (non-hydrogen) atoms. The Morgan fingerprint density at radius 3 is 2.71 bits per heavy atom. The van der Waals surface area contributed by atoms with Crippen molar-refractivity contribution in [2.24, 2.45) is 5.92 Å². The molecule has 4 heteroatoms. The SMILES string of the molecule is C[C@@H]1CCCN(c2ccc(C(=O)NC3CCCC3)cn2)C1. The van der Waals surface area contributed by atoms with Gasteiger partial charge < -0.3 is 10.2 Å². The number of hydrogen-bond donors (Lipinski definition) is 1. The molecule has 1 aliphatic heterocycles. The fourth-order valence-electron chi connectivity index (χ4n) is 3.44. The van der Waals surface area contributed by atoms with Gasteiger partial charge in [-0.25, -0.2) is 4.98 Å². The van der Waals surface area contributed by atoms with E-state index in [0.29, 0.717) is 11.6 Å². The van der Waals surface area contributed by atoms with Gasteiger partial charge in [0, 0.05) is 25.3 Å². The molecular formula is C17H25N3O. The van der Waals surface area contributed by atoms with E-state index in [1.54, 1.807) is 6.20 Å². The highest BCUT2D eigenvalue weighted by Crippen LogP contribution is 2.21. The van der Waals surface area contributed by atoms with Crippen molar-refractivity contribution in [1.29, 1.82) is 0 Å². The van der Waals surface area contributed by atoms with Crippen LogP contribution in [0.25, 0.3) is 0 Å². The van der Waals surface area contributed by atoms with Gasteiger partial charge in [-0.05, 0) is 43.7 Å². The molecule has 1 aromatic heterocycles. The monoisotopic (exact) mass is 287 g/mol. The van der Waals surface area contributed by atoms with Crippen molar-refractivity contribution >= 4 is 11.7 Å². The molecule has 0 spiro atoms. The Morgan fingerprint density at radius 2 is 2.05 bits per heavy atom. The molecule has 1 atom stereocenters. The van der Waals surface area contributed by atoms with Crippen LogP contribution in [0.5, 0.6) is 0 Å². The second kappa shape index (κ2) is 6.46. The third-order valence-corrected chi connectivity index (χ3v) is 4.68. The topological polar surface area (TPSA) is 45.2 Å². The van der Waals surface area contributed by atoms with Crippen molar-refractivity contribution in [2.45, 2.75) is 51.5 Å². The number of carbonyl (C=O) groups excluding carboxylic acids is 1. The molecule has 1 N–H and O–H groups in total. The Balaban J connectivity index is 1.61. The lowest BCUT2D eigenvalue weighted by Crippen LogP contribution is -2.35. The summed E-state index contributed by atoms with van der Waals surface area (Å²) in [6, 6.07) is 4.26. The van der Waals surface area contributed by atoms with E-state index in [9.17, 15) is 4.79 Å². The zero-order valence-electron chi connectivity index (χ0n) is 12.8. The summed E-state index contributed by atoms with van der Waals surface area (Å²) in [6.07, 6.45) is 8.94. The molecule has 2 aliphatic rings. The summed E-state index contributed by atoms with van der Waals surface area (Å²) in [5.74, 6) is 1.75. The first-order valence-electron chi connectivity index (χ1n) is 8.24. The van der Waals surface area contributed by atoms with E-state index in [4.69, 9.17) is 0 Å². The van der Waals surface area contributed by atoms with Crippen molar-refractivity contribution in [2.75, 3.05) is 18.0 Å². The number of amides is 1. The molecule has 1 aliphatic carbocycles. The van der Waals surface area contributed by atoms with Crippen molar-refractivity contribution < 1.29 is 4.79 Å². The summed E-state index contributed by atoms with van der Waals surface area (Å²) in [6.45, 7) is 4.43. The lowest BCUT2D eigenvalue weighted by molar-refractivity contribution is 0.0937. The zero-order chi connectivity index (χ0) is 14.7. The van der Waals surface area contributed by atoms with Gasteiger partial charge in [-0.1, -0.05) is 19.8 Å². The second-order valence-electron chi connectivity index (χ2n) is 6.55. The second-order valence-corrected chi connectivity index (χ2v) is 6.55. The highest BCUT2D eigenvalue weighted by atomic mass is 16.1. The summed E-state index contributed by atoms with van der Waals surface area (Å²) < 4.78 is 0. The van der Waals surface area contributed by atoms with E-state index >= 15 is 0 Å². The van der Waals surface area contributed by atoms with Crippen LogP contribution in [0.15, 0.2) is 18.3 Å². The predicted octanol–water partition coefficient (Wildman–Crippen LogP) is 2.99. The largest absolute Gasteiger partial charge is 0.356 e. The van der Waals surface area contributed by atoms with Crippen molar-refractivity contribution in [3.8, 4) is 0 Å². The third-order valence-electron chi connectivity index (χ3n) is 4.68. The zero-order valence-corrected chi connectivity index (χ0v) is 12.8. The van der Waals surface area contributed by atoms with Gasteiger partial charge in [0.05, 0.1) is 5.56 Å². The number of nitrogens with one attached hydrogen (secondary N) is 1. The van der Waals surface area contributed by atoms with Gasteiger partial charge in [0.25, 0.3) is 5.91 Å². The van der Waals surface area contributed by atoms with Crippen LogP contribution < -0.4 is 10.2 Å². The molecule has 1 aromatic rings. The Morgan fingerprint density at radius 1 is 1.24 bits per heavy atom. The number of piperidine rings is 1. The smallest absolute Gasteiger partial charge is 0.253 e. The summed E-state index contributed by atoms with van der Waals surface area (Å²) >= 11 is 0. The third kappa shape index (κ3) is 3.55. The standard InChI is InChI=1S/C17H25N3O/c1-13-5-4-10-20(12-13)16-9-8-14(11-18-16)17(21)19-15-6-2-3-7-15/h8-9,11,13,15H,2-7,10,12H2,1H3,(H,19,21)/t13-/m1/s1. The fourth-order valence-corrected chi connectivity index (χ4v) is 3.44. The Bertz CT molecular complexity index is 479. The van der Waals surface area contributed by atoms with Crippen LogP contribution in [0.3, 0.4) is 0 Å². The van der Waals surface area contributed by atoms with Gasteiger partial charge in [-0.15, -0.1) is 0 Å². The molecule has 0 unspecified atom stereocenters. The molecule has 0 aromatic carbocycles. The average Bonchev–Trinajstić information content (AvgIpc) is 3.00. The summed E-state index contributed by atoms with van der Waals surface area (Å²) in [7, 11) is 0. The van der Waals surface area contributed by atoms with E-state index in [1.807, 2.05) is 12.1 Å². The van der Waals surface area contributed by atoms with Gasteiger partial charge in [0.1, 0.15) is 5.82 Å². The molecule has 114 valence electrons. The number of anilines is 1. The van der Waals surface area contributed by atoms with Crippen LogP contribution in [0, 0.1) is 5.92 Å². The fraction of sp³-hybridized carbons (Fsp3) is 0.647. The Labute approximate surface area is 126 Å². The molecule has 4 nitrogen and oxygen atoms in total. The van der Waals surface area contributed by atoms with E-state index in [0.717, 1.165) is 37.7 Å². The number of hydrogen-bond acceptors (Lipinski definition) is 3. The first-order chi connectivity index (χ1) is 10.2. The molecular weight excluding hydrogens is 262 g/mol. The van der Waals surface area contributed by atoms with Gasteiger partial charge in [-0.3, -0.25) is 4.79 Å². The van der Waals surface area contributed by atoms with Crippen LogP contribution in [0.2, 0.25) is 0 Å². The lowest BCUT2D eigenvalue weighted by atomic mass is 10.0. The first kappa shape index (κ1) is 14.4. The molecule has 1 amide bonds. The van der Waals surface area contributed by atoms with E-state index in [-0.39, 0.29) is 5.91 Å². The van der Waals surface area contributed by atoms with E-state index in [2.05, 4.69) is 22.1 Å². The number of aromatic nitrogens is 1. The van der Waals surface area contributed by atoms with Crippen LogP contribution in [0.1, 0.15) is 55.8 Å². The molecule has 2 heterocycles. The predicted molar refractivity (Wildman–Crippen MR) is 84.6 cm³/mol. The summed E-state index contributed by atoms with van der Waals surface area (Å²) in [5, 5.41) is 3.11. The number of nitrogens with zero attached hydrogens (tertiary/aromatic N) is 2. The van der Waals surface area contributed by atoms with Crippen LogP contribution in [0.4, 0.5) is 5.82 Å². The first-order valence-corrected chi connectivity index (χ1v) is 8.24. The van der Waals surface area contributed by atoms with Crippen molar-refractivity contribution in [3.05, 3.63) is 23.9 Å². The van der Waals surface area contributed by atoms with Crippen LogP contribution in [-0.4, -0.2) is 30.0 Å². The highest BCUT2D eigenvalue weighted by Gasteiger charge is 2.20. The Hall–Kier alpha value is -1.58. The van der Waals surface area contributed by atoms with E-state index < -0.39 is 0 Å². The summed E-state index contributed by atoms with van der Waals surface area (Å²) in [5.41, 5.74) is 0.677. The van der Waals surface area contributed by atoms with Gasteiger partial charge in [0.15, 0.2) is 0 Å². The van der Waals surface area contributed by atoms with Gasteiger partial charge in [0.2, 0.25) is 0 Å². The van der Waals surface area contributed by atoms with Crippen molar-refractivity contribution in [1.82, 2.24) is 10.3 Å². The minimum Gasteiger partial charge on any atom is -0.356 e. The summed E-state index contributed by atoms with van der Waals surface area (Å²) in [4.78, 5) is 19.0. The number of pyridine rings is 1. The molecule has 0 bridgehead atoms. The highest BCUT2D eigenvalue weighted by molar-refractivity contribution is 5.94. The van der Waals surface area contributed by atoms with Gasteiger partial charge >= 0.3 is 0 Å². The molecule has 1 saturated heterocycles. The molecule has 1 saturated carbocycles. The number of rotatable bonds is 3. The normalized spacial score (nSPS) is 23.3. The Kier molecular flexibility index (Phi) is 4.42. The van der Waals surface area contributed by atoms with Crippen LogP contribution in [-0.2, 0) is 0 Å². The maximum Gasteiger partial charge on any atom is 0.253 e. The quantitative estimate of drug-likeness (QED) is 0.929. The maximum atomic E-state index is 12.2. The van der Waals surface area contributed by atoms with Crippen molar-refractivity contribution in [3.63, 3.8) is 0 Å². The lowest BCUT2D eigenvalue weighted by Gasteiger charge is -2.31. The average molecular weight is 287 g/mol. The number of carbonyl (C=O) groups is 1. The molecule has 2 fully saturated rings.